The Labute approximate surface area is 352 Å². The molecule has 1 saturated heterocycles. The van der Waals surface area contributed by atoms with Crippen LogP contribution in [0.5, 0.6) is 0 Å². The molecule has 4 N–H and O–H groups in total. The lowest BCUT2D eigenvalue weighted by molar-refractivity contribution is -0.161. The summed E-state index contributed by atoms with van der Waals surface area (Å²) < 4.78 is 38.2. The summed E-state index contributed by atoms with van der Waals surface area (Å²) in [6.45, 7) is 2.41. The van der Waals surface area contributed by atoms with E-state index < -0.39 is 57.7 Å². The molecule has 1 rings (SSSR count). The minimum Gasteiger partial charge on any atom is -0.480 e. The summed E-state index contributed by atoms with van der Waals surface area (Å²) in [5, 5.41) is 8.88. The van der Waals surface area contributed by atoms with Gasteiger partial charge in [0.25, 0.3) is 0 Å². The largest absolute Gasteiger partial charge is 0.480 e. The first kappa shape index (κ1) is 53.1. The topological polar surface area (TPSA) is 184 Å². The molecule has 0 radical (unpaired) electrons. The molecule has 1 fully saturated rings. The number of allylic oxidation sites excluding steroid dienone is 16. The lowest BCUT2D eigenvalue weighted by Gasteiger charge is -2.20. The highest BCUT2D eigenvalue weighted by Crippen LogP contribution is 2.43. The highest BCUT2D eigenvalue weighted by atomic mass is 31.2. The van der Waals surface area contributed by atoms with Gasteiger partial charge in [-0.3, -0.25) is 23.4 Å². The van der Waals surface area contributed by atoms with Crippen molar-refractivity contribution in [3.8, 4) is 0 Å². The molecule has 13 heteroatoms. The summed E-state index contributed by atoms with van der Waals surface area (Å²) in [7, 11) is -4.76. The van der Waals surface area contributed by atoms with Crippen LogP contribution in [0.3, 0.4) is 0 Å². The molecular formula is C46H70NO11P. The molecule has 0 aromatic heterocycles. The standard InChI is InChI=1S/C46H70NO11P/c1-3-5-7-8-9-10-11-12-13-14-18-21-24-27-31-35-44(48)54-37-40(38-55-59(52,53)56-39-41(47)46(50)51)57-45(49)36-32-28-25-22-19-16-15-17-20-23-26-30-34-43-42(58-43)33-29-6-4-2/h5-7,9-10,12-13,16-21,25-26,28-30,40-43H,3-4,8,11,14-15,22-24,27,31-39,47H2,1-2H3,(H,50,51)(H,52,53)/b7-5-,10-9-,13-12-,19-16-,20-17-,21-18-,28-25-,29-6-,30-26-/t40-,41+,42?,43?/m1/s1. The van der Waals surface area contributed by atoms with Crippen LogP contribution in [0.15, 0.2) is 109 Å². The third kappa shape index (κ3) is 33.6. The average molecular weight is 844 g/mol. The minimum absolute atomic E-state index is 0.0163. The lowest BCUT2D eigenvalue weighted by atomic mass is 10.1. The highest BCUT2D eigenvalue weighted by Gasteiger charge is 2.36. The smallest absolute Gasteiger partial charge is 0.472 e. The van der Waals surface area contributed by atoms with E-state index in [0.717, 1.165) is 70.6 Å². The van der Waals surface area contributed by atoms with E-state index in [1.54, 1.807) is 0 Å². The fraction of sp³-hybridized carbons (Fsp3) is 0.543. The van der Waals surface area contributed by atoms with Gasteiger partial charge in [-0.25, -0.2) is 4.57 Å². The maximum absolute atomic E-state index is 12.6. The molecule has 0 bridgehead atoms. The molecule has 1 aliphatic heterocycles. The first-order valence-corrected chi connectivity index (χ1v) is 22.5. The van der Waals surface area contributed by atoms with Crippen molar-refractivity contribution in [1.29, 1.82) is 0 Å². The van der Waals surface area contributed by atoms with Crippen LogP contribution in [0, 0.1) is 0 Å². The van der Waals surface area contributed by atoms with Crippen molar-refractivity contribution < 1.29 is 52.2 Å². The van der Waals surface area contributed by atoms with Gasteiger partial charge in [0, 0.05) is 12.8 Å². The van der Waals surface area contributed by atoms with Crippen LogP contribution in [-0.4, -0.2) is 72.1 Å². The number of rotatable bonds is 36. The van der Waals surface area contributed by atoms with Crippen molar-refractivity contribution in [2.45, 2.75) is 141 Å². The van der Waals surface area contributed by atoms with Gasteiger partial charge in [-0.15, -0.1) is 0 Å². The van der Waals surface area contributed by atoms with E-state index in [2.05, 4.69) is 110 Å². The Morgan fingerprint density at radius 1 is 0.610 bits per heavy atom. The summed E-state index contributed by atoms with van der Waals surface area (Å²) in [5.41, 5.74) is 5.32. The predicted octanol–water partition coefficient (Wildman–Crippen LogP) is 10.0. The normalized spacial score (nSPS) is 18.2. The second kappa shape index (κ2) is 36.0. The third-order valence-corrected chi connectivity index (χ3v) is 9.38. The number of aliphatic carboxylic acids is 1. The van der Waals surface area contributed by atoms with Gasteiger partial charge >= 0.3 is 25.7 Å². The number of carboxylic acids is 1. The van der Waals surface area contributed by atoms with Crippen LogP contribution in [0.2, 0.25) is 0 Å². The van der Waals surface area contributed by atoms with Crippen LogP contribution in [-0.2, 0) is 42.2 Å². The molecule has 5 atom stereocenters. The molecule has 0 amide bonds. The Morgan fingerprint density at radius 3 is 1.61 bits per heavy atom. The molecule has 0 aliphatic carbocycles. The Kier molecular flexibility index (Phi) is 32.4. The van der Waals surface area contributed by atoms with E-state index in [9.17, 15) is 23.8 Å². The maximum atomic E-state index is 12.6. The lowest BCUT2D eigenvalue weighted by Crippen LogP contribution is -2.34. The fourth-order valence-electron chi connectivity index (χ4n) is 5.06. The third-order valence-electron chi connectivity index (χ3n) is 8.43. The molecule has 59 heavy (non-hydrogen) atoms. The van der Waals surface area contributed by atoms with E-state index in [-0.39, 0.29) is 12.8 Å². The quantitative estimate of drug-likeness (QED) is 0.0179. The number of phosphoric ester groups is 1. The number of nitrogens with two attached hydrogens (primary N) is 1. The van der Waals surface area contributed by atoms with E-state index in [4.69, 9.17) is 29.6 Å². The highest BCUT2D eigenvalue weighted by molar-refractivity contribution is 7.47. The number of hydrogen-bond donors (Lipinski definition) is 3. The Morgan fingerprint density at radius 2 is 1.07 bits per heavy atom. The number of ether oxygens (including phenoxy) is 3. The van der Waals surface area contributed by atoms with Crippen molar-refractivity contribution in [2.24, 2.45) is 5.73 Å². The van der Waals surface area contributed by atoms with Gasteiger partial charge in [0.1, 0.15) is 12.6 Å². The summed E-state index contributed by atoms with van der Waals surface area (Å²) >= 11 is 0. The van der Waals surface area contributed by atoms with E-state index >= 15 is 0 Å². The molecule has 12 nitrogen and oxygen atoms in total. The van der Waals surface area contributed by atoms with Crippen LogP contribution in [0.1, 0.15) is 117 Å². The molecule has 1 heterocycles. The molecule has 0 spiro atoms. The second-order valence-electron chi connectivity index (χ2n) is 13.7. The van der Waals surface area contributed by atoms with Crippen molar-refractivity contribution in [3.63, 3.8) is 0 Å². The molecule has 3 unspecified atom stereocenters. The maximum Gasteiger partial charge on any atom is 0.472 e. The zero-order valence-corrected chi connectivity index (χ0v) is 36.1. The van der Waals surface area contributed by atoms with Crippen molar-refractivity contribution in [3.05, 3.63) is 109 Å². The van der Waals surface area contributed by atoms with E-state index in [0.29, 0.717) is 31.5 Å². The van der Waals surface area contributed by atoms with Gasteiger partial charge in [0.2, 0.25) is 0 Å². The predicted molar refractivity (Wildman–Crippen MR) is 234 cm³/mol. The molecule has 0 saturated carbocycles. The molecule has 0 aromatic rings. The summed E-state index contributed by atoms with van der Waals surface area (Å²) in [4.78, 5) is 45.9. The number of epoxide rings is 1. The van der Waals surface area contributed by atoms with E-state index in [1.807, 2.05) is 18.2 Å². The molecule has 0 aromatic carbocycles. The van der Waals surface area contributed by atoms with Gasteiger partial charge in [0.15, 0.2) is 6.10 Å². The zero-order chi connectivity index (χ0) is 43.2. The number of carboxylic acid groups (broad SMARTS) is 1. The number of esters is 2. The van der Waals surface area contributed by atoms with Crippen LogP contribution >= 0.6 is 7.82 Å². The number of carbonyl (C=O) groups is 3. The van der Waals surface area contributed by atoms with Crippen molar-refractivity contribution in [1.82, 2.24) is 0 Å². The molecular weight excluding hydrogens is 773 g/mol. The van der Waals surface area contributed by atoms with Gasteiger partial charge in [-0.05, 0) is 89.9 Å². The zero-order valence-electron chi connectivity index (χ0n) is 35.2. The monoisotopic (exact) mass is 843 g/mol. The number of hydrogen-bond acceptors (Lipinski definition) is 10. The van der Waals surface area contributed by atoms with Crippen LogP contribution in [0.4, 0.5) is 0 Å². The molecule has 1 aliphatic rings. The number of unbranched alkanes of at least 4 members (excludes halogenated alkanes) is 2. The van der Waals surface area contributed by atoms with Crippen LogP contribution in [0.25, 0.3) is 0 Å². The van der Waals surface area contributed by atoms with Gasteiger partial charge < -0.3 is 29.9 Å². The number of phosphoric acid groups is 1. The van der Waals surface area contributed by atoms with E-state index in [1.165, 1.54) is 0 Å². The Balaban J connectivity index is 2.39. The summed E-state index contributed by atoms with van der Waals surface area (Å²) in [5.74, 6) is -2.57. The van der Waals surface area contributed by atoms with Gasteiger partial charge in [-0.2, -0.15) is 0 Å². The SMILES string of the molecule is CC/C=C\C/C=C\C/C=C\C/C=C\CCCCC(=O)OC[C@H](COP(=O)(O)OC[C@H](N)C(=O)O)OC(=O)CC/C=C\C/C=C\C/C=C\C/C=C\CC1OC1C/C=C\CC. The van der Waals surface area contributed by atoms with Gasteiger partial charge in [0.05, 0.1) is 25.4 Å². The van der Waals surface area contributed by atoms with Gasteiger partial charge in [-0.1, -0.05) is 123 Å². The summed E-state index contributed by atoms with van der Waals surface area (Å²) in [6.07, 6.45) is 49.3. The van der Waals surface area contributed by atoms with Crippen LogP contribution < -0.4 is 5.73 Å². The Bertz CT molecular complexity index is 1480. The fourth-order valence-corrected chi connectivity index (χ4v) is 5.84. The average Bonchev–Trinajstić information content (AvgIpc) is 3.97. The Hall–Kier alpha value is -3.90. The van der Waals surface area contributed by atoms with Crippen molar-refractivity contribution in [2.75, 3.05) is 19.8 Å². The second-order valence-corrected chi connectivity index (χ2v) is 15.2. The summed E-state index contributed by atoms with van der Waals surface area (Å²) in [6, 6.07) is -1.55. The first-order valence-electron chi connectivity index (χ1n) is 21.0. The van der Waals surface area contributed by atoms with Crippen molar-refractivity contribution >= 4 is 25.7 Å². The number of carbonyl (C=O) groups excluding carboxylic acids is 2. The molecule has 330 valence electrons. The minimum atomic E-state index is -4.76. The first-order chi connectivity index (χ1) is 28.6.